The number of carbonyl (C=O) groups excluding carboxylic acids is 1. The van der Waals surface area contributed by atoms with Crippen molar-refractivity contribution >= 4 is 43.1 Å². The fourth-order valence-corrected chi connectivity index (χ4v) is 3.04. The van der Waals surface area contributed by atoms with Gasteiger partial charge in [0, 0.05) is 38.3 Å². The van der Waals surface area contributed by atoms with Crippen LogP contribution < -0.4 is 11.1 Å². The summed E-state index contributed by atoms with van der Waals surface area (Å²) in [6, 6.07) is 6.38. The van der Waals surface area contributed by atoms with Crippen LogP contribution >= 0.6 is 37.2 Å². The normalized spacial score (nSPS) is 14.5. The topological polar surface area (TPSA) is 71.2 Å². The Morgan fingerprint density at radius 3 is 2.42 bits per heavy atom. The fourth-order valence-electron chi connectivity index (χ4n) is 3.04. The van der Waals surface area contributed by atoms with Crippen LogP contribution in [0, 0.1) is 0 Å². The minimum absolute atomic E-state index is 0. The number of rotatable bonds is 9. The lowest BCUT2D eigenvalue weighted by Gasteiger charge is -2.32. The zero-order valence-electron chi connectivity index (χ0n) is 15.3. The summed E-state index contributed by atoms with van der Waals surface area (Å²) in [6.07, 6.45) is 8.84. The first kappa shape index (κ1) is 27.6. The molecule has 0 bridgehead atoms. The van der Waals surface area contributed by atoms with Crippen molar-refractivity contribution in [1.29, 1.82) is 0 Å². The zero-order valence-corrected chi connectivity index (χ0v) is 17.7. The van der Waals surface area contributed by atoms with Crippen molar-refractivity contribution in [2.45, 2.75) is 57.5 Å². The largest absolute Gasteiger partial charge is 0.353 e. The molecule has 5 nitrogen and oxygen atoms in total. The quantitative estimate of drug-likeness (QED) is 0.593. The lowest BCUT2D eigenvalue weighted by molar-refractivity contribution is -0.122. The molecule has 1 aliphatic heterocycles. The molecule has 0 aliphatic carbocycles. The fraction of sp³-hybridized carbons (Fsp3) is 0.667. The molecule has 8 heteroatoms. The van der Waals surface area contributed by atoms with Crippen molar-refractivity contribution in [3.8, 4) is 0 Å². The molecule has 0 unspecified atom stereocenters. The van der Waals surface area contributed by atoms with Crippen LogP contribution in [0.15, 0.2) is 24.4 Å². The number of pyridine rings is 1. The van der Waals surface area contributed by atoms with Crippen molar-refractivity contribution in [3.63, 3.8) is 0 Å². The molecule has 1 aromatic heterocycles. The molecule has 0 atom stereocenters. The van der Waals surface area contributed by atoms with E-state index in [-0.39, 0.29) is 43.1 Å². The van der Waals surface area contributed by atoms with Gasteiger partial charge in [-0.1, -0.05) is 18.9 Å². The molecule has 0 radical (unpaired) electrons. The van der Waals surface area contributed by atoms with Gasteiger partial charge in [-0.25, -0.2) is 0 Å². The van der Waals surface area contributed by atoms with Crippen LogP contribution in [0.25, 0.3) is 0 Å². The molecule has 0 spiro atoms. The van der Waals surface area contributed by atoms with Gasteiger partial charge in [-0.3, -0.25) is 14.7 Å². The molecule has 0 aromatic carbocycles. The van der Waals surface area contributed by atoms with E-state index in [2.05, 4.69) is 21.3 Å². The molecule has 26 heavy (non-hydrogen) atoms. The molecule has 1 aromatic rings. The van der Waals surface area contributed by atoms with Crippen LogP contribution in [0.5, 0.6) is 0 Å². The molecule has 1 saturated heterocycles. The predicted molar refractivity (Wildman–Crippen MR) is 115 cm³/mol. The lowest BCUT2D eigenvalue weighted by atomic mass is 10.0. The van der Waals surface area contributed by atoms with Gasteiger partial charge in [0.25, 0.3) is 0 Å². The van der Waals surface area contributed by atoms with Crippen LogP contribution in [0.4, 0.5) is 0 Å². The van der Waals surface area contributed by atoms with Crippen LogP contribution in [0.2, 0.25) is 0 Å². The molecule has 1 amide bonds. The average Bonchev–Trinajstić information content (AvgIpc) is 2.57. The van der Waals surface area contributed by atoms with E-state index in [4.69, 9.17) is 5.73 Å². The van der Waals surface area contributed by atoms with E-state index in [1.807, 2.05) is 18.3 Å². The van der Waals surface area contributed by atoms with Crippen LogP contribution in [-0.2, 0) is 11.3 Å². The number of halogens is 3. The molecule has 1 fully saturated rings. The number of hydrogen-bond acceptors (Lipinski definition) is 4. The summed E-state index contributed by atoms with van der Waals surface area (Å²) in [4.78, 5) is 18.7. The summed E-state index contributed by atoms with van der Waals surface area (Å²) < 4.78 is 0. The highest BCUT2D eigenvalue weighted by Crippen LogP contribution is 2.13. The number of carbonyl (C=O) groups is 1. The number of hydrogen-bond donors (Lipinski definition) is 2. The van der Waals surface area contributed by atoms with Gasteiger partial charge in [0.15, 0.2) is 0 Å². The number of nitrogens with one attached hydrogen (secondary N) is 1. The first-order valence-corrected chi connectivity index (χ1v) is 8.89. The van der Waals surface area contributed by atoms with Crippen molar-refractivity contribution in [2.75, 3.05) is 19.6 Å². The van der Waals surface area contributed by atoms with E-state index in [1.165, 1.54) is 0 Å². The van der Waals surface area contributed by atoms with Gasteiger partial charge in [0.2, 0.25) is 5.91 Å². The second kappa shape index (κ2) is 16.6. The molecule has 152 valence electrons. The number of nitrogens with zero attached hydrogens (tertiary/aromatic N) is 2. The van der Waals surface area contributed by atoms with E-state index >= 15 is 0 Å². The maximum atomic E-state index is 12.0. The Bertz CT molecular complexity index is 457. The van der Waals surface area contributed by atoms with E-state index in [0.717, 1.165) is 70.4 Å². The third-order valence-corrected chi connectivity index (χ3v) is 4.42. The molecular formula is C18H33Cl3N4O. The second-order valence-corrected chi connectivity index (χ2v) is 6.39. The number of piperidine rings is 1. The van der Waals surface area contributed by atoms with Crippen LogP contribution in [-0.4, -0.2) is 41.5 Å². The van der Waals surface area contributed by atoms with Crippen molar-refractivity contribution in [1.82, 2.24) is 15.2 Å². The number of amides is 1. The first-order chi connectivity index (χ1) is 11.3. The minimum Gasteiger partial charge on any atom is -0.353 e. The number of likely N-dealkylation sites (tertiary alicyclic amines) is 1. The predicted octanol–water partition coefficient (Wildman–Crippen LogP) is 3.34. The van der Waals surface area contributed by atoms with Gasteiger partial charge < -0.3 is 11.1 Å². The van der Waals surface area contributed by atoms with E-state index in [0.29, 0.717) is 12.5 Å². The van der Waals surface area contributed by atoms with Crippen molar-refractivity contribution < 1.29 is 4.79 Å². The first-order valence-electron chi connectivity index (χ1n) is 8.89. The standard InChI is InChI=1S/C18H30N4O.3ClH/c19-11-5-2-1-3-8-18(23)21-16-9-13-22(14-10-16)15-17-7-4-6-12-20-17;;;/h4,6-7,12,16H,1-3,5,8-11,13-15,19H2,(H,21,23);3*1H. The summed E-state index contributed by atoms with van der Waals surface area (Å²) >= 11 is 0. The maximum Gasteiger partial charge on any atom is 0.220 e. The lowest BCUT2D eigenvalue weighted by Crippen LogP contribution is -2.44. The van der Waals surface area contributed by atoms with Gasteiger partial charge in [0.1, 0.15) is 0 Å². The minimum atomic E-state index is 0. The Hall–Kier alpha value is -0.590. The van der Waals surface area contributed by atoms with Gasteiger partial charge >= 0.3 is 0 Å². The Labute approximate surface area is 176 Å². The smallest absolute Gasteiger partial charge is 0.220 e. The van der Waals surface area contributed by atoms with E-state index in [9.17, 15) is 4.79 Å². The van der Waals surface area contributed by atoms with Gasteiger partial charge in [0.05, 0.1) is 5.69 Å². The third-order valence-electron chi connectivity index (χ3n) is 4.42. The summed E-state index contributed by atoms with van der Waals surface area (Å²) in [7, 11) is 0. The second-order valence-electron chi connectivity index (χ2n) is 6.39. The molecule has 0 saturated carbocycles. The van der Waals surface area contributed by atoms with Gasteiger partial charge in [-0.15, -0.1) is 37.2 Å². The maximum absolute atomic E-state index is 12.0. The van der Waals surface area contributed by atoms with Gasteiger partial charge in [-0.05, 0) is 44.4 Å². The highest BCUT2D eigenvalue weighted by molar-refractivity contribution is 5.86. The molecule has 2 rings (SSSR count). The number of nitrogens with two attached hydrogens (primary N) is 1. The highest BCUT2D eigenvalue weighted by atomic mass is 35.5. The van der Waals surface area contributed by atoms with Crippen molar-refractivity contribution in [2.24, 2.45) is 5.73 Å². The van der Waals surface area contributed by atoms with E-state index < -0.39 is 0 Å². The Morgan fingerprint density at radius 2 is 1.81 bits per heavy atom. The Morgan fingerprint density at radius 1 is 1.12 bits per heavy atom. The monoisotopic (exact) mass is 426 g/mol. The van der Waals surface area contributed by atoms with Crippen LogP contribution in [0.3, 0.4) is 0 Å². The number of unbranched alkanes of at least 4 members (excludes halogenated alkanes) is 3. The summed E-state index contributed by atoms with van der Waals surface area (Å²) in [6.45, 7) is 3.71. The average molecular weight is 428 g/mol. The Balaban J connectivity index is 0. The Kier molecular flexibility index (Phi) is 17.6. The number of aromatic nitrogens is 1. The molecule has 3 N–H and O–H groups in total. The highest BCUT2D eigenvalue weighted by Gasteiger charge is 2.20. The van der Waals surface area contributed by atoms with Crippen molar-refractivity contribution in [3.05, 3.63) is 30.1 Å². The third kappa shape index (κ3) is 11.2. The van der Waals surface area contributed by atoms with Crippen LogP contribution in [0.1, 0.15) is 50.6 Å². The molecular weight excluding hydrogens is 395 g/mol. The SMILES string of the molecule is Cl.Cl.Cl.NCCCCCCC(=O)NC1CCN(Cc2ccccn2)CC1. The summed E-state index contributed by atoms with van der Waals surface area (Å²) in [5, 5.41) is 3.19. The zero-order chi connectivity index (χ0) is 16.3. The molecule has 1 aliphatic rings. The summed E-state index contributed by atoms with van der Waals surface area (Å²) in [5.74, 6) is 0.209. The molecule has 2 heterocycles. The van der Waals surface area contributed by atoms with Gasteiger partial charge in [-0.2, -0.15) is 0 Å². The summed E-state index contributed by atoms with van der Waals surface area (Å²) in [5.41, 5.74) is 6.58. The van der Waals surface area contributed by atoms with E-state index in [1.54, 1.807) is 0 Å².